The third-order valence-electron chi connectivity index (χ3n) is 7.51. The Hall–Kier alpha value is -3.17. The first-order valence-corrected chi connectivity index (χ1v) is 16.3. The Morgan fingerprint density at radius 3 is 2.27 bits per heavy atom. The minimum atomic E-state index is -4.10. The highest BCUT2D eigenvalue weighted by Crippen LogP contribution is 2.28. The fraction of sp³-hybridized carbons (Fsp3) is 0.375. The van der Waals surface area contributed by atoms with Crippen LogP contribution >= 0.6 is 15.9 Å². The summed E-state index contributed by atoms with van der Waals surface area (Å²) < 4.78 is 29.8. The molecule has 1 atom stereocenters. The van der Waals surface area contributed by atoms with Gasteiger partial charge in [0.05, 0.1) is 10.6 Å². The standard InChI is InChI=1S/C32H38BrN3O4S/c1-4-30(32(38)34-27-12-5-6-13-27)35(21-25-10-7-9-24(3)19-25)31(37)22-36(28-14-8-11-26(33)20-28)41(39,40)29-17-15-23(2)16-18-29/h7-11,14-20,27,30H,4-6,12-13,21-22H2,1-3H3,(H,34,38)/t30-/m1/s1. The summed E-state index contributed by atoms with van der Waals surface area (Å²) in [6.07, 6.45) is 4.41. The summed E-state index contributed by atoms with van der Waals surface area (Å²) in [6.45, 7) is 5.48. The molecule has 0 aliphatic heterocycles. The van der Waals surface area contributed by atoms with Crippen LogP contribution in [0.5, 0.6) is 0 Å². The van der Waals surface area contributed by atoms with Gasteiger partial charge in [-0.25, -0.2) is 8.42 Å². The number of anilines is 1. The first kappa shape index (κ1) is 30.8. The van der Waals surface area contributed by atoms with Crippen LogP contribution in [0, 0.1) is 13.8 Å². The van der Waals surface area contributed by atoms with Crippen LogP contribution in [0.1, 0.15) is 55.7 Å². The van der Waals surface area contributed by atoms with Crippen LogP contribution in [-0.2, 0) is 26.2 Å². The van der Waals surface area contributed by atoms with Crippen LogP contribution in [0.4, 0.5) is 5.69 Å². The Kier molecular flexibility index (Phi) is 10.3. The number of carbonyl (C=O) groups is 2. The average Bonchev–Trinajstić information content (AvgIpc) is 3.44. The molecule has 0 aromatic heterocycles. The van der Waals surface area contributed by atoms with Crippen LogP contribution in [0.15, 0.2) is 82.2 Å². The van der Waals surface area contributed by atoms with Crippen molar-refractivity contribution >= 4 is 43.5 Å². The van der Waals surface area contributed by atoms with Gasteiger partial charge in [-0.15, -0.1) is 0 Å². The van der Waals surface area contributed by atoms with E-state index in [0.717, 1.165) is 46.7 Å². The molecule has 7 nitrogen and oxygen atoms in total. The van der Waals surface area contributed by atoms with E-state index in [1.165, 1.54) is 4.90 Å². The molecular formula is C32H38BrN3O4S. The van der Waals surface area contributed by atoms with Gasteiger partial charge in [0.1, 0.15) is 12.6 Å². The second-order valence-corrected chi connectivity index (χ2v) is 13.5. The third kappa shape index (κ3) is 7.77. The summed E-state index contributed by atoms with van der Waals surface area (Å²) in [5, 5.41) is 3.15. The molecule has 1 aliphatic carbocycles. The molecule has 0 spiro atoms. The quantitative estimate of drug-likeness (QED) is 0.274. The molecule has 0 bridgehead atoms. The summed E-state index contributed by atoms with van der Waals surface area (Å²) in [5.41, 5.74) is 3.20. The lowest BCUT2D eigenvalue weighted by molar-refractivity contribution is -0.140. The number of aryl methyl sites for hydroxylation is 2. The number of halogens is 1. The lowest BCUT2D eigenvalue weighted by Crippen LogP contribution is -2.53. The number of amides is 2. The molecule has 3 aromatic rings. The van der Waals surface area contributed by atoms with Gasteiger partial charge in [0.15, 0.2) is 0 Å². The van der Waals surface area contributed by atoms with Crippen molar-refractivity contribution in [2.45, 2.75) is 76.4 Å². The number of rotatable bonds is 11. The van der Waals surface area contributed by atoms with Crippen LogP contribution < -0.4 is 9.62 Å². The highest BCUT2D eigenvalue weighted by molar-refractivity contribution is 9.10. The van der Waals surface area contributed by atoms with Crippen molar-refractivity contribution in [3.8, 4) is 0 Å². The smallest absolute Gasteiger partial charge is 0.264 e. The average molecular weight is 641 g/mol. The number of benzene rings is 3. The minimum Gasteiger partial charge on any atom is -0.352 e. The highest BCUT2D eigenvalue weighted by atomic mass is 79.9. The number of nitrogens with zero attached hydrogens (tertiary/aromatic N) is 2. The third-order valence-corrected chi connectivity index (χ3v) is 9.79. The highest BCUT2D eigenvalue weighted by Gasteiger charge is 2.34. The molecule has 218 valence electrons. The number of carbonyl (C=O) groups excluding carboxylic acids is 2. The Morgan fingerprint density at radius 1 is 0.951 bits per heavy atom. The van der Waals surface area contributed by atoms with Gasteiger partial charge in [-0.2, -0.15) is 0 Å². The van der Waals surface area contributed by atoms with E-state index in [-0.39, 0.29) is 23.4 Å². The maximum atomic E-state index is 14.2. The van der Waals surface area contributed by atoms with Gasteiger partial charge < -0.3 is 10.2 Å². The second-order valence-electron chi connectivity index (χ2n) is 10.7. The first-order valence-electron chi connectivity index (χ1n) is 14.1. The van der Waals surface area contributed by atoms with Gasteiger partial charge >= 0.3 is 0 Å². The number of nitrogens with one attached hydrogen (secondary N) is 1. The predicted octanol–water partition coefficient (Wildman–Crippen LogP) is 6.13. The van der Waals surface area contributed by atoms with E-state index in [4.69, 9.17) is 0 Å². The van der Waals surface area contributed by atoms with E-state index in [2.05, 4.69) is 21.2 Å². The zero-order valence-electron chi connectivity index (χ0n) is 23.8. The van der Waals surface area contributed by atoms with Crippen LogP contribution in [0.25, 0.3) is 0 Å². The van der Waals surface area contributed by atoms with Crippen molar-refractivity contribution in [1.82, 2.24) is 10.2 Å². The second kappa shape index (κ2) is 13.7. The number of sulfonamides is 1. The molecule has 1 aliphatic rings. The molecule has 9 heteroatoms. The zero-order chi connectivity index (χ0) is 29.6. The Balaban J connectivity index is 1.71. The normalized spacial score (nSPS) is 14.4. The SMILES string of the molecule is CC[C@H](C(=O)NC1CCCC1)N(Cc1cccc(C)c1)C(=O)CN(c1cccc(Br)c1)S(=O)(=O)c1ccc(C)cc1. The van der Waals surface area contributed by atoms with Crippen molar-refractivity contribution < 1.29 is 18.0 Å². The number of hydrogen-bond donors (Lipinski definition) is 1. The molecule has 1 saturated carbocycles. The maximum Gasteiger partial charge on any atom is 0.264 e. The molecule has 3 aromatic carbocycles. The monoisotopic (exact) mass is 639 g/mol. The fourth-order valence-corrected chi connectivity index (χ4v) is 7.08. The van der Waals surface area contributed by atoms with Gasteiger partial charge in [0.2, 0.25) is 11.8 Å². The van der Waals surface area contributed by atoms with Crippen molar-refractivity contribution in [3.63, 3.8) is 0 Å². The van der Waals surface area contributed by atoms with E-state index >= 15 is 0 Å². The lowest BCUT2D eigenvalue weighted by Gasteiger charge is -2.34. The molecule has 1 N–H and O–H groups in total. The molecule has 41 heavy (non-hydrogen) atoms. The van der Waals surface area contributed by atoms with Crippen molar-refractivity contribution in [3.05, 3.63) is 94.0 Å². The van der Waals surface area contributed by atoms with E-state index in [0.29, 0.717) is 16.6 Å². The largest absolute Gasteiger partial charge is 0.352 e. The van der Waals surface area contributed by atoms with Crippen molar-refractivity contribution in [2.75, 3.05) is 10.8 Å². The van der Waals surface area contributed by atoms with E-state index in [1.807, 2.05) is 45.0 Å². The van der Waals surface area contributed by atoms with Gasteiger partial charge in [-0.1, -0.05) is 89.3 Å². The van der Waals surface area contributed by atoms with E-state index in [1.54, 1.807) is 48.5 Å². The van der Waals surface area contributed by atoms with Gasteiger partial charge in [0.25, 0.3) is 10.0 Å². The molecular weight excluding hydrogens is 602 g/mol. The minimum absolute atomic E-state index is 0.0899. The Bertz CT molecular complexity index is 1470. The molecule has 0 heterocycles. The van der Waals surface area contributed by atoms with Crippen LogP contribution in [-0.4, -0.2) is 43.8 Å². The van der Waals surface area contributed by atoms with Gasteiger partial charge in [-0.3, -0.25) is 13.9 Å². The summed E-state index contributed by atoms with van der Waals surface area (Å²) in [4.78, 5) is 29.4. The summed E-state index contributed by atoms with van der Waals surface area (Å²) in [6, 6.07) is 20.6. The van der Waals surface area contributed by atoms with Gasteiger partial charge in [0, 0.05) is 17.1 Å². The first-order chi connectivity index (χ1) is 19.6. The summed E-state index contributed by atoms with van der Waals surface area (Å²) in [5.74, 6) is -0.647. The molecule has 0 radical (unpaired) electrons. The fourth-order valence-electron chi connectivity index (χ4n) is 5.29. The van der Waals surface area contributed by atoms with Crippen LogP contribution in [0.3, 0.4) is 0 Å². The summed E-state index contributed by atoms with van der Waals surface area (Å²) >= 11 is 3.43. The lowest BCUT2D eigenvalue weighted by atomic mass is 10.1. The topological polar surface area (TPSA) is 86.8 Å². The van der Waals surface area contributed by atoms with E-state index < -0.39 is 28.5 Å². The van der Waals surface area contributed by atoms with Crippen molar-refractivity contribution in [1.29, 1.82) is 0 Å². The van der Waals surface area contributed by atoms with Crippen LogP contribution in [0.2, 0.25) is 0 Å². The Labute approximate surface area is 252 Å². The maximum absolute atomic E-state index is 14.2. The van der Waals surface area contributed by atoms with E-state index in [9.17, 15) is 18.0 Å². The molecule has 4 rings (SSSR count). The van der Waals surface area contributed by atoms with Crippen molar-refractivity contribution in [2.24, 2.45) is 0 Å². The Morgan fingerprint density at radius 2 is 1.63 bits per heavy atom. The number of hydrogen-bond acceptors (Lipinski definition) is 4. The zero-order valence-corrected chi connectivity index (χ0v) is 26.2. The molecule has 0 unspecified atom stereocenters. The molecule has 2 amide bonds. The van der Waals surface area contributed by atoms with Gasteiger partial charge in [-0.05, 0) is 69.0 Å². The summed E-state index contributed by atoms with van der Waals surface area (Å²) in [7, 11) is -4.10. The predicted molar refractivity (Wildman–Crippen MR) is 166 cm³/mol. The molecule has 1 fully saturated rings. The molecule has 0 saturated heterocycles.